The molecule has 15 heavy (non-hydrogen) atoms. The Kier molecular flexibility index (Phi) is 3.21. The van der Waals surface area contributed by atoms with Crippen LogP contribution < -0.4 is 10.2 Å². The van der Waals surface area contributed by atoms with Crippen molar-refractivity contribution >= 4 is 5.82 Å². The summed E-state index contributed by atoms with van der Waals surface area (Å²) < 4.78 is 0. The van der Waals surface area contributed by atoms with Gasteiger partial charge in [-0.05, 0) is 44.5 Å². The van der Waals surface area contributed by atoms with Crippen LogP contribution in [-0.2, 0) is 0 Å². The van der Waals surface area contributed by atoms with Crippen molar-refractivity contribution in [3.8, 4) is 0 Å². The van der Waals surface area contributed by atoms with Crippen molar-refractivity contribution in [2.75, 3.05) is 31.6 Å². The maximum atomic E-state index is 4.46. The van der Waals surface area contributed by atoms with E-state index in [1.165, 1.54) is 12.0 Å². The Bertz CT molecular complexity index is 324. The lowest BCUT2D eigenvalue weighted by atomic mass is 10.1. The molecule has 3 heteroatoms. The largest absolute Gasteiger partial charge is 0.356 e. The van der Waals surface area contributed by atoms with Gasteiger partial charge in [0.2, 0.25) is 0 Å². The van der Waals surface area contributed by atoms with E-state index in [4.69, 9.17) is 0 Å². The number of hydrogen-bond acceptors (Lipinski definition) is 3. The minimum absolute atomic E-state index is 0.774. The monoisotopic (exact) mass is 205 g/mol. The predicted octanol–water partition coefficient (Wildman–Crippen LogP) is 1.44. The summed E-state index contributed by atoms with van der Waals surface area (Å²) in [7, 11) is 2.02. The second-order valence-corrected chi connectivity index (χ2v) is 4.30. The quantitative estimate of drug-likeness (QED) is 0.809. The first-order valence-corrected chi connectivity index (χ1v) is 5.62. The molecule has 1 N–H and O–H groups in total. The maximum Gasteiger partial charge on any atom is 0.131 e. The summed E-state index contributed by atoms with van der Waals surface area (Å²) in [4.78, 5) is 6.86. The third kappa shape index (κ3) is 2.29. The van der Waals surface area contributed by atoms with Crippen LogP contribution in [0.3, 0.4) is 0 Å². The van der Waals surface area contributed by atoms with Gasteiger partial charge in [0, 0.05) is 19.3 Å². The van der Waals surface area contributed by atoms with E-state index in [0.717, 1.165) is 31.4 Å². The van der Waals surface area contributed by atoms with E-state index in [-0.39, 0.29) is 0 Å². The minimum atomic E-state index is 0.774. The lowest BCUT2D eigenvalue weighted by Gasteiger charge is -2.19. The molecular formula is C12H19N3. The van der Waals surface area contributed by atoms with Crippen LogP contribution in [0, 0.1) is 12.8 Å². The molecule has 1 fully saturated rings. The molecule has 1 aliphatic rings. The molecule has 1 saturated heterocycles. The number of pyridine rings is 1. The fourth-order valence-electron chi connectivity index (χ4n) is 2.29. The summed E-state index contributed by atoms with van der Waals surface area (Å²) in [5, 5.41) is 3.25. The summed E-state index contributed by atoms with van der Waals surface area (Å²) in [5.74, 6) is 1.94. The average Bonchev–Trinajstić information content (AvgIpc) is 2.68. The van der Waals surface area contributed by atoms with Crippen molar-refractivity contribution in [2.24, 2.45) is 5.92 Å². The molecule has 3 nitrogen and oxygen atoms in total. The molecule has 2 heterocycles. The zero-order valence-corrected chi connectivity index (χ0v) is 9.53. The second-order valence-electron chi connectivity index (χ2n) is 4.30. The molecule has 1 unspecified atom stereocenters. The molecule has 0 aromatic carbocycles. The van der Waals surface area contributed by atoms with Gasteiger partial charge in [-0.3, -0.25) is 0 Å². The molecule has 1 aliphatic heterocycles. The number of rotatable bonds is 3. The third-order valence-corrected chi connectivity index (χ3v) is 3.06. The molecule has 82 valence electrons. The Morgan fingerprint density at radius 3 is 3.20 bits per heavy atom. The molecule has 1 atom stereocenters. The molecule has 0 saturated carbocycles. The van der Waals surface area contributed by atoms with Gasteiger partial charge >= 0.3 is 0 Å². The molecule has 0 aliphatic carbocycles. The summed E-state index contributed by atoms with van der Waals surface area (Å²) in [5.41, 5.74) is 1.28. The van der Waals surface area contributed by atoms with Crippen LogP contribution in [0.2, 0.25) is 0 Å². The zero-order chi connectivity index (χ0) is 10.7. The first kappa shape index (κ1) is 10.4. The molecule has 1 aromatic rings. The fourth-order valence-corrected chi connectivity index (χ4v) is 2.29. The van der Waals surface area contributed by atoms with Gasteiger partial charge in [-0.1, -0.05) is 6.07 Å². The van der Waals surface area contributed by atoms with Crippen molar-refractivity contribution in [1.82, 2.24) is 10.3 Å². The summed E-state index contributed by atoms with van der Waals surface area (Å²) in [6, 6.07) is 4.13. The Morgan fingerprint density at radius 1 is 1.60 bits per heavy atom. The highest BCUT2D eigenvalue weighted by molar-refractivity contribution is 5.46. The van der Waals surface area contributed by atoms with Crippen molar-refractivity contribution in [1.29, 1.82) is 0 Å². The predicted molar refractivity (Wildman–Crippen MR) is 63.2 cm³/mol. The Morgan fingerprint density at radius 2 is 2.47 bits per heavy atom. The van der Waals surface area contributed by atoms with E-state index in [0.29, 0.717) is 0 Å². The lowest BCUT2D eigenvalue weighted by Crippen LogP contribution is -2.25. The summed E-state index contributed by atoms with van der Waals surface area (Å²) >= 11 is 0. The third-order valence-electron chi connectivity index (χ3n) is 3.06. The topological polar surface area (TPSA) is 28.2 Å². The first-order valence-electron chi connectivity index (χ1n) is 5.62. The normalized spacial score (nSPS) is 20.9. The van der Waals surface area contributed by atoms with E-state index >= 15 is 0 Å². The number of anilines is 1. The van der Waals surface area contributed by atoms with E-state index < -0.39 is 0 Å². The van der Waals surface area contributed by atoms with E-state index in [1.54, 1.807) is 0 Å². The highest BCUT2D eigenvalue weighted by Gasteiger charge is 2.23. The smallest absolute Gasteiger partial charge is 0.131 e. The number of aryl methyl sites for hydroxylation is 1. The van der Waals surface area contributed by atoms with Crippen molar-refractivity contribution in [3.05, 3.63) is 23.9 Å². The molecule has 0 amide bonds. The molecular weight excluding hydrogens is 186 g/mol. The Hall–Kier alpha value is -1.09. The fraction of sp³-hybridized carbons (Fsp3) is 0.583. The Labute approximate surface area is 91.5 Å². The second kappa shape index (κ2) is 4.62. The minimum Gasteiger partial charge on any atom is -0.356 e. The van der Waals surface area contributed by atoms with Crippen LogP contribution in [0.15, 0.2) is 18.3 Å². The van der Waals surface area contributed by atoms with Crippen LogP contribution >= 0.6 is 0 Å². The van der Waals surface area contributed by atoms with Crippen LogP contribution in [0.4, 0.5) is 5.82 Å². The molecule has 1 aromatic heterocycles. The number of hydrogen-bond donors (Lipinski definition) is 1. The van der Waals surface area contributed by atoms with E-state index in [1.807, 2.05) is 19.3 Å². The number of aromatic nitrogens is 1. The SMILES string of the molecule is CNCC1CCN(c2ncccc2C)C1. The van der Waals surface area contributed by atoms with Crippen LogP contribution in [0.1, 0.15) is 12.0 Å². The van der Waals surface area contributed by atoms with Gasteiger partial charge in [0.05, 0.1) is 0 Å². The highest BCUT2D eigenvalue weighted by atomic mass is 15.2. The lowest BCUT2D eigenvalue weighted by molar-refractivity contribution is 0.549. The summed E-state index contributed by atoms with van der Waals surface area (Å²) in [6.45, 7) is 5.53. The summed E-state index contributed by atoms with van der Waals surface area (Å²) in [6.07, 6.45) is 3.16. The molecule has 0 radical (unpaired) electrons. The van der Waals surface area contributed by atoms with Crippen molar-refractivity contribution in [2.45, 2.75) is 13.3 Å². The van der Waals surface area contributed by atoms with Gasteiger partial charge in [-0.2, -0.15) is 0 Å². The highest BCUT2D eigenvalue weighted by Crippen LogP contribution is 2.23. The Balaban J connectivity index is 2.04. The van der Waals surface area contributed by atoms with Gasteiger partial charge in [0.15, 0.2) is 0 Å². The van der Waals surface area contributed by atoms with Crippen molar-refractivity contribution in [3.63, 3.8) is 0 Å². The van der Waals surface area contributed by atoms with E-state index in [2.05, 4.69) is 28.2 Å². The van der Waals surface area contributed by atoms with Crippen LogP contribution in [-0.4, -0.2) is 31.7 Å². The number of nitrogens with zero attached hydrogens (tertiary/aromatic N) is 2. The molecule has 2 rings (SSSR count). The molecule has 0 bridgehead atoms. The zero-order valence-electron chi connectivity index (χ0n) is 9.53. The standard InChI is InChI=1S/C12H19N3/c1-10-4-3-6-14-12(10)15-7-5-11(9-15)8-13-2/h3-4,6,11,13H,5,7-9H2,1-2H3. The van der Waals surface area contributed by atoms with Crippen LogP contribution in [0.5, 0.6) is 0 Å². The van der Waals surface area contributed by atoms with Gasteiger partial charge in [-0.15, -0.1) is 0 Å². The number of nitrogens with one attached hydrogen (secondary N) is 1. The average molecular weight is 205 g/mol. The maximum absolute atomic E-state index is 4.46. The van der Waals surface area contributed by atoms with Crippen LogP contribution in [0.25, 0.3) is 0 Å². The van der Waals surface area contributed by atoms with Gasteiger partial charge in [0.1, 0.15) is 5.82 Å². The van der Waals surface area contributed by atoms with Gasteiger partial charge in [-0.25, -0.2) is 4.98 Å². The van der Waals surface area contributed by atoms with Crippen molar-refractivity contribution < 1.29 is 0 Å². The van der Waals surface area contributed by atoms with Gasteiger partial charge in [0.25, 0.3) is 0 Å². The molecule has 0 spiro atoms. The van der Waals surface area contributed by atoms with E-state index in [9.17, 15) is 0 Å². The van der Waals surface area contributed by atoms with Gasteiger partial charge < -0.3 is 10.2 Å². The first-order chi connectivity index (χ1) is 7.31.